The monoisotopic (exact) mass is 455 g/mol. The van der Waals surface area contributed by atoms with Crippen LogP contribution >= 0.6 is 0 Å². The van der Waals surface area contributed by atoms with E-state index in [1.807, 2.05) is 18.2 Å². The van der Waals surface area contributed by atoms with Gasteiger partial charge >= 0.3 is 0 Å². The van der Waals surface area contributed by atoms with Gasteiger partial charge in [0.1, 0.15) is 11.4 Å². The minimum absolute atomic E-state index is 0.198. The van der Waals surface area contributed by atoms with Gasteiger partial charge in [0.05, 0.1) is 6.04 Å². The van der Waals surface area contributed by atoms with Crippen molar-refractivity contribution in [2.24, 2.45) is 0 Å². The second-order valence-electron chi connectivity index (χ2n) is 9.14. The minimum Gasteiger partial charge on any atom is -0.425 e. The van der Waals surface area contributed by atoms with E-state index in [0.29, 0.717) is 0 Å². The lowest BCUT2D eigenvalue weighted by atomic mass is 10.0. The first-order valence-corrected chi connectivity index (χ1v) is 12.1. The normalized spacial score (nSPS) is 11.8. The van der Waals surface area contributed by atoms with Gasteiger partial charge in [0.15, 0.2) is 0 Å². The molecule has 0 atom stereocenters. The molecule has 0 aliphatic heterocycles. The summed E-state index contributed by atoms with van der Waals surface area (Å²) in [5.74, 6) is 1.74. The molecular weight excluding hydrogens is 422 g/mol. The Labute approximate surface area is 201 Å². The maximum atomic E-state index is 5.68. The summed E-state index contributed by atoms with van der Waals surface area (Å²) in [6.45, 7) is 8.32. The number of aryl methyl sites for hydroxylation is 1. The van der Waals surface area contributed by atoms with E-state index in [0.717, 1.165) is 65.5 Å². The standard InChI is InChI=1S/C28H33N5O/c1-20(2)28-30-29-25(34-28)18-11-6-5-8-13-22-14-12-17-24(19-22)27-26(23-15-9-7-10-16-23)31-33(32-27)21(3)4/h7-10,12-17,19-21H,5-6,11,18H2,1-4H3. The van der Waals surface area contributed by atoms with Crippen LogP contribution in [-0.4, -0.2) is 25.2 Å². The predicted molar refractivity (Wildman–Crippen MR) is 136 cm³/mol. The van der Waals surface area contributed by atoms with Crippen molar-refractivity contribution in [3.8, 4) is 22.5 Å². The molecule has 0 saturated heterocycles. The van der Waals surface area contributed by atoms with E-state index in [-0.39, 0.29) is 12.0 Å². The van der Waals surface area contributed by atoms with Crippen LogP contribution in [0.3, 0.4) is 0 Å². The lowest BCUT2D eigenvalue weighted by molar-refractivity contribution is 0.426. The molecule has 2 aromatic carbocycles. The summed E-state index contributed by atoms with van der Waals surface area (Å²) in [5, 5.41) is 17.8. The van der Waals surface area contributed by atoms with E-state index in [1.165, 1.54) is 0 Å². The molecule has 0 unspecified atom stereocenters. The molecular formula is C28H33N5O. The van der Waals surface area contributed by atoms with Crippen LogP contribution in [0.1, 0.15) is 76.3 Å². The minimum atomic E-state index is 0.198. The number of unbranched alkanes of at least 4 members (excludes halogenated alkanes) is 2. The molecule has 176 valence electrons. The highest BCUT2D eigenvalue weighted by Gasteiger charge is 2.16. The maximum absolute atomic E-state index is 5.68. The fraction of sp³-hybridized carbons (Fsp3) is 0.357. The van der Waals surface area contributed by atoms with Gasteiger partial charge in [0, 0.05) is 23.5 Å². The molecule has 0 amide bonds. The number of aromatic nitrogens is 5. The SMILES string of the molecule is CC(C)c1nnc(CCCCC=Cc2cccc(-c3nn(C(C)C)nc3-c3ccccc3)c2)o1. The number of benzene rings is 2. The first-order chi connectivity index (χ1) is 16.5. The van der Waals surface area contributed by atoms with E-state index in [9.17, 15) is 0 Å². The third-order valence-corrected chi connectivity index (χ3v) is 5.60. The van der Waals surface area contributed by atoms with Crippen molar-refractivity contribution < 1.29 is 4.42 Å². The average Bonchev–Trinajstić information content (AvgIpc) is 3.50. The Balaban J connectivity index is 1.40. The van der Waals surface area contributed by atoms with E-state index in [1.54, 1.807) is 4.80 Å². The molecule has 0 bridgehead atoms. The number of nitrogens with zero attached hydrogens (tertiary/aromatic N) is 5. The summed E-state index contributed by atoms with van der Waals surface area (Å²) in [7, 11) is 0. The first-order valence-electron chi connectivity index (χ1n) is 12.1. The van der Waals surface area contributed by atoms with Gasteiger partial charge in [-0.15, -0.1) is 10.2 Å². The second kappa shape index (κ2) is 11.1. The Morgan fingerprint density at radius 1 is 0.853 bits per heavy atom. The van der Waals surface area contributed by atoms with Crippen LogP contribution in [0.2, 0.25) is 0 Å². The van der Waals surface area contributed by atoms with Crippen LogP contribution in [-0.2, 0) is 6.42 Å². The molecule has 0 spiro atoms. The number of rotatable bonds is 10. The zero-order chi connectivity index (χ0) is 23.9. The van der Waals surface area contributed by atoms with Crippen LogP contribution in [0.5, 0.6) is 0 Å². The van der Waals surface area contributed by atoms with Crippen LogP contribution in [0.25, 0.3) is 28.6 Å². The largest absolute Gasteiger partial charge is 0.425 e. The molecule has 6 heteroatoms. The lowest BCUT2D eigenvalue weighted by Crippen LogP contribution is -2.04. The Morgan fingerprint density at radius 2 is 1.59 bits per heavy atom. The molecule has 0 radical (unpaired) electrons. The highest BCUT2D eigenvalue weighted by molar-refractivity contribution is 5.78. The van der Waals surface area contributed by atoms with Crippen molar-refractivity contribution in [1.29, 1.82) is 0 Å². The van der Waals surface area contributed by atoms with Gasteiger partial charge < -0.3 is 4.42 Å². The summed E-state index contributed by atoms with van der Waals surface area (Å²) in [6.07, 6.45) is 8.36. The van der Waals surface area contributed by atoms with Gasteiger partial charge in [-0.2, -0.15) is 15.0 Å². The van der Waals surface area contributed by atoms with Crippen molar-refractivity contribution in [2.45, 2.75) is 65.3 Å². The molecule has 0 saturated carbocycles. The maximum Gasteiger partial charge on any atom is 0.219 e. The Bertz CT molecular complexity index is 1220. The summed E-state index contributed by atoms with van der Waals surface area (Å²) in [4.78, 5) is 1.80. The lowest BCUT2D eigenvalue weighted by Gasteiger charge is -2.03. The fourth-order valence-electron chi connectivity index (χ4n) is 3.69. The topological polar surface area (TPSA) is 69.6 Å². The third kappa shape index (κ3) is 5.87. The van der Waals surface area contributed by atoms with E-state index >= 15 is 0 Å². The molecule has 6 nitrogen and oxygen atoms in total. The van der Waals surface area contributed by atoms with Gasteiger partial charge in [-0.05, 0) is 44.7 Å². The molecule has 4 rings (SSSR count). The summed E-state index contributed by atoms with van der Waals surface area (Å²) < 4.78 is 5.68. The van der Waals surface area contributed by atoms with Crippen LogP contribution < -0.4 is 0 Å². The van der Waals surface area contributed by atoms with Crippen LogP contribution in [0.4, 0.5) is 0 Å². The number of hydrogen-bond donors (Lipinski definition) is 0. The molecule has 4 aromatic rings. The zero-order valence-electron chi connectivity index (χ0n) is 20.5. The van der Waals surface area contributed by atoms with Gasteiger partial charge in [-0.3, -0.25) is 0 Å². The molecule has 0 N–H and O–H groups in total. The van der Waals surface area contributed by atoms with E-state index < -0.39 is 0 Å². The molecule has 2 aromatic heterocycles. The summed E-state index contributed by atoms with van der Waals surface area (Å²) in [5.41, 5.74) is 5.14. The highest BCUT2D eigenvalue weighted by Crippen LogP contribution is 2.30. The molecule has 0 fully saturated rings. The van der Waals surface area contributed by atoms with E-state index in [4.69, 9.17) is 14.6 Å². The molecule has 34 heavy (non-hydrogen) atoms. The predicted octanol–water partition coefficient (Wildman–Crippen LogP) is 7.13. The van der Waals surface area contributed by atoms with Crippen molar-refractivity contribution in [1.82, 2.24) is 25.2 Å². The van der Waals surface area contributed by atoms with Crippen LogP contribution in [0.15, 0.2) is 65.1 Å². The van der Waals surface area contributed by atoms with Crippen LogP contribution in [0, 0.1) is 0 Å². The zero-order valence-corrected chi connectivity index (χ0v) is 20.5. The quantitative estimate of drug-likeness (QED) is 0.238. The van der Waals surface area contributed by atoms with Crippen molar-refractivity contribution in [2.75, 3.05) is 0 Å². The summed E-state index contributed by atoms with van der Waals surface area (Å²) in [6, 6.07) is 19.0. The van der Waals surface area contributed by atoms with Crippen molar-refractivity contribution >= 4 is 6.08 Å². The Kier molecular flexibility index (Phi) is 7.68. The van der Waals surface area contributed by atoms with Crippen molar-refractivity contribution in [3.63, 3.8) is 0 Å². The number of allylic oxidation sites excluding steroid dienone is 1. The highest BCUT2D eigenvalue weighted by atomic mass is 16.4. The number of hydrogen-bond acceptors (Lipinski definition) is 5. The Hall–Kier alpha value is -3.54. The van der Waals surface area contributed by atoms with E-state index in [2.05, 4.69) is 86.4 Å². The summed E-state index contributed by atoms with van der Waals surface area (Å²) >= 11 is 0. The Morgan fingerprint density at radius 3 is 2.29 bits per heavy atom. The molecule has 0 aliphatic carbocycles. The van der Waals surface area contributed by atoms with Gasteiger partial charge in [0.2, 0.25) is 11.8 Å². The second-order valence-corrected chi connectivity index (χ2v) is 9.14. The third-order valence-electron chi connectivity index (χ3n) is 5.60. The van der Waals surface area contributed by atoms with Gasteiger partial charge in [0.25, 0.3) is 0 Å². The average molecular weight is 456 g/mol. The van der Waals surface area contributed by atoms with Crippen molar-refractivity contribution in [3.05, 3.63) is 78.0 Å². The first kappa shape index (κ1) is 23.6. The molecule has 2 heterocycles. The van der Waals surface area contributed by atoms with Gasteiger partial charge in [-0.1, -0.05) is 74.5 Å². The molecule has 0 aliphatic rings. The smallest absolute Gasteiger partial charge is 0.219 e. The van der Waals surface area contributed by atoms with Gasteiger partial charge in [-0.25, -0.2) is 0 Å². The fourth-order valence-corrected chi connectivity index (χ4v) is 3.69.